The lowest BCUT2D eigenvalue weighted by Gasteiger charge is -2.11. The van der Waals surface area contributed by atoms with Gasteiger partial charge in [-0.1, -0.05) is 58.0 Å². The molecule has 0 saturated carbocycles. The van der Waals surface area contributed by atoms with E-state index in [-0.39, 0.29) is 17.5 Å². The molecule has 4 aromatic rings. The summed E-state index contributed by atoms with van der Waals surface area (Å²) in [5.41, 5.74) is 2.55. The Labute approximate surface area is 191 Å². The van der Waals surface area contributed by atoms with Crippen molar-refractivity contribution in [2.75, 3.05) is 11.1 Å². The van der Waals surface area contributed by atoms with E-state index in [1.807, 2.05) is 59.2 Å². The quantitative estimate of drug-likeness (QED) is 0.343. The number of anilines is 1. The first-order chi connectivity index (χ1) is 15.1. The molecular weight excluding hydrogens is 479 g/mol. The van der Waals surface area contributed by atoms with Gasteiger partial charge < -0.3 is 5.32 Å². The molecule has 0 atom stereocenters. The van der Waals surface area contributed by atoms with Gasteiger partial charge in [0.2, 0.25) is 5.91 Å². The van der Waals surface area contributed by atoms with Gasteiger partial charge in [-0.05, 0) is 54.1 Å². The standard InChI is InChI=1S/C23H18BrFN4OS/c24-17-6-10-19(11-7-17)26-22(30)15-31-23-28-27-21(14-16-4-2-1-3-5-16)29(23)20-12-8-18(25)9-13-20/h1-13H,14-15H2,(H,26,30). The van der Waals surface area contributed by atoms with Crippen molar-refractivity contribution in [3.05, 3.63) is 101 Å². The van der Waals surface area contributed by atoms with Crippen LogP contribution >= 0.6 is 27.7 Å². The first-order valence-corrected chi connectivity index (χ1v) is 11.3. The molecule has 0 unspecified atom stereocenters. The fraction of sp³-hybridized carbons (Fsp3) is 0.0870. The minimum Gasteiger partial charge on any atom is -0.325 e. The molecule has 0 aliphatic heterocycles. The molecule has 1 N–H and O–H groups in total. The number of nitrogens with one attached hydrogen (secondary N) is 1. The molecule has 0 aliphatic carbocycles. The van der Waals surface area contributed by atoms with Crippen molar-refractivity contribution in [2.45, 2.75) is 11.6 Å². The van der Waals surface area contributed by atoms with Gasteiger partial charge in [0.1, 0.15) is 11.6 Å². The first-order valence-electron chi connectivity index (χ1n) is 9.51. The second-order valence-electron chi connectivity index (χ2n) is 6.72. The zero-order chi connectivity index (χ0) is 21.6. The van der Waals surface area contributed by atoms with E-state index in [0.717, 1.165) is 21.4 Å². The van der Waals surface area contributed by atoms with Crippen molar-refractivity contribution >= 4 is 39.3 Å². The summed E-state index contributed by atoms with van der Waals surface area (Å²) in [6, 6.07) is 23.5. The van der Waals surface area contributed by atoms with Gasteiger partial charge in [-0.25, -0.2) is 4.39 Å². The van der Waals surface area contributed by atoms with Gasteiger partial charge in [0.05, 0.1) is 5.75 Å². The number of hydrogen-bond donors (Lipinski definition) is 1. The molecule has 31 heavy (non-hydrogen) atoms. The van der Waals surface area contributed by atoms with Crippen molar-refractivity contribution < 1.29 is 9.18 Å². The molecular formula is C23H18BrFN4OS. The number of carbonyl (C=O) groups is 1. The normalized spacial score (nSPS) is 10.8. The summed E-state index contributed by atoms with van der Waals surface area (Å²) in [5.74, 6) is 0.421. The molecule has 3 aromatic carbocycles. The summed E-state index contributed by atoms with van der Waals surface area (Å²) in [5, 5.41) is 12.1. The summed E-state index contributed by atoms with van der Waals surface area (Å²) in [4.78, 5) is 12.4. The highest BCUT2D eigenvalue weighted by Crippen LogP contribution is 2.24. The average molecular weight is 497 g/mol. The Morgan fingerprint density at radius 1 is 0.968 bits per heavy atom. The predicted molar refractivity (Wildman–Crippen MR) is 124 cm³/mol. The van der Waals surface area contributed by atoms with E-state index >= 15 is 0 Å². The lowest BCUT2D eigenvalue weighted by molar-refractivity contribution is -0.113. The molecule has 0 radical (unpaired) electrons. The van der Waals surface area contributed by atoms with E-state index in [2.05, 4.69) is 31.4 Å². The Balaban J connectivity index is 1.54. The van der Waals surface area contributed by atoms with Crippen molar-refractivity contribution in [1.29, 1.82) is 0 Å². The molecule has 1 heterocycles. The summed E-state index contributed by atoms with van der Waals surface area (Å²) >= 11 is 4.66. The topological polar surface area (TPSA) is 59.8 Å². The lowest BCUT2D eigenvalue weighted by atomic mass is 10.1. The highest BCUT2D eigenvalue weighted by molar-refractivity contribution is 9.10. The Kier molecular flexibility index (Phi) is 6.79. The van der Waals surface area contributed by atoms with Gasteiger partial charge in [-0.2, -0.15) is 0 Å². The maximum absolute atomic E-state index is 13.5. The van der Waals surface area contributed by atoms with Crippen LogP contribution in [0.2, 0.25) is 0 Å². The first kappa shape index (κ1) is 21.3. The van der Waals surface area contributed by atoms with E-state index in [1.54, 1.807) is 12.1 Å². The van der Waals surface area contributed by atoms with Crippen molar-refractivity contribution in [2.24, 2.45) is 0 Å². The number of thioether (sulfide) groups is 1. The van der Waals surface area contributed by atoms with Gasteiger partial charge in [0.15, 0.2) is 5.16 Å². The second-order valence-corrected chi connectivity index (χ2v) is 8.57. The molecule has 0 saturated heterocycles. The lowest BCUT2D eigenvalue weighted by Crippen LogP contribution is -2.14. The zero-order valence-electron chi connectivity index (χ0n) is 16.3. The van der Waals surface area contributed by atoms with Gasteiger partial charge in [-0.15, -0.1) is 10.2 Å². The molecule has 0 bridgehead atoms. The van der Waals surface area contributed by atoms with Crippen LogP contribution < -0.4 is 5.32 Å². The zero-order valence-corrected chi connectivity index (χ0v) is 18.7. The Hall–Kier alpha value is -2.97. The van der Waals surface area contributed by atoms with Gasteiger partial charge >= 0.3 is 0 Å². The van der Waals surface area contributed by atoms with Crippen molar-refractivity contribution in [3.63, 3.8) is 0 Å². The molecule has 1 aromatic heterocycles. The Morgan fingerprint density at radius 2 is 1.68 bits per heavy atom. The van der Waals surface area contributed by atoms with E-state index in [9.17, 15) is 9.18 Å². The third-order valence-corrected chi connectivity index (χ3v) is 5.91. The minimum absolute atomic E-state index is 0.148. The van der Waals surface area contributed by atoms with Crippen LogP contribution in [0.5, 0.6) is 0 Å². The number of aromatic nitrogens is 3. The largest absolute Gasteiger partial charge is 0.325 e. The molecule has 0 aliphatic rings. The van der Waals surface area contributed by atoms with Gasteiger partial charge in [0.25, 0.3) is 0 Å². The Morgan fingerprint density at radius 3 is 2.39 bits per heavy atom. The number of hydrogen-bond acceptors (Lipinski definition) is 4. The molecule has 0 fully saturated rings. The average Bonchev–Trinajstić information content (AvgIpc) is 3.17. The third-order valence-electron chi connectivity index (χ3n) is 4.45. The number of carbonyl (C=O) groups excluding carboxylic acids is 1. The van der Waals surface area contributed by atoms with Crippen LogP contribution in [-0.2, 0) is 11.2 Å². The van der Waals surface area contributed by atoms with Crippen LogP contribution in [0.4, 0.5) is 10.1 Å². The van der Waals surface area contributed by atoms with Crippen LogP contribution in [0, 0.1) is 5.82 Å². The molecule has 4 rings (SSSR count). The fourth-order valence-corrected chi connectivity index (χ4v) is 4.03. The van der Waals surface area contributed by atoms with E-state index < -0.39 is 0 Å². The number of nitrogens with zero attached hydrogens (tertiary/aromatic N) is 3. The minimum atomic E-state index is -0.315. The second kappa shape index (κ2) is 9.89. The highest BCUT2D eigenvalue weighted by atomic mass is 79.9. The van der Waals surface area contributed by atoms with E-state index in [0.29, 0.717) is 17.4 Å². The summed E-state index contributed by atoms with van der Waals surface area (Å²) in [6.45, 7) is 0. The number of amides is 1. The molecule has 5 nitrogen and oxygen atoms in total. The SMILES string of the molecule is O=C(CSc1nnc(Cc2ccccc2)n1-c1ccc(F)cc1)Nc1ccc(Br)cc1. The van der Waals surface area contributed by atoms with Gasteiger partial charge in [0, 0.05) is 22.3 Å². The number of rotatable bonds is 7. The smallest absolute Gasteiger partial charge is 0.234 e. The summed E-state index contributed by atoms with van der Waals surface area (Å²) in [6.07, 6.45) is 0.566. The van der Waals surface area contributed by atoms with Crippen LogP contribution in [-0.4, -0.2) is 26.4 Å². The number of halogens is 2. The predicted octanol–water partition coefficient (Wildman–Crippen LogP) is 5.49. The van der Waals surface area contributed by atoms with Crippen LogP contribution in [0.15, 0.2) is 88.5 Å². The molecule has 8 heteroatoms. The fourth-order valence-electron chi connectivity index (χ4n) is 3.00. The molecule has 156 valence electrons. The van der Waals surface area contributed by atoms with Crippen LogP contribution in [0.25, 0.3) is 5.69 Å². The Bertz CT molecular complexity index is 1160. The van der Waals surface area contributed by atoms with Crippen molar-refractivity contribution in [3.8, 4) is 5.69 Å². The van der Waals surface area contributed by atoms with E-state index in [1.165, 1.54) is 23.9 Å². The monoisotopic (exact) mass is 496 g/mol. The summed E-state index contributed by atoms with van der Waals surface area (Å²) in [7, 11) is 0. The molecule has 0 spiro atoms. The van der Waals surface area contributed by atoms with Crippen LogP contribution in [0.3, 0.4) is 0 Å². The van der Waals surface area contributed by atoms with Gasteiger partial charge in [-0.3, -0.25) is 9.36 Å². The summed E-state index contributed by atoms with van der Waals surface area (Å²) < 4.78 is 16.3. The maximum atomic E-state index is 13.5. The highest BCUT2D eigenvalue weighted by Gasteiger charge is 2.16. The molecule has 1 amide bonds. The number of benzene rings is 3. The third kappa shape index (κ3) is 5.59. The van der Waals surface area contributed by atoms with E-state index in [4.69, 9.17) is 0 Å². The van der Waals surface area contributed by atoms with Crippen LogP contribution in [0.1, 0.15) is 11.4 Å². The van der Waals surface area contributed by atoms with Crippen molar-refractivity contribution in [1.82, 2.24) is 14.8 Å². The maximum Gasteiger partial charge on any atom is 0.234 e.